The van der Waals surface area contributed by atoms with Gasteiger partial charge in [-0.2, -0.15) is 11.8 Å². The van der Waals surface area contributed by atoms with Gasteiger partial charge in [-0.1, -0.05) is 12.1 Å². The number of thioether (sulfide) groups is 1. The van der Waals surface area contributed by atoms with Gasteiger partial charge in [0.2, 0.25) is 0 Å². The molecule has 0 radical (unpaired) electrons. The first kappa shape index (κ1) is 19.0. The SMILES string of the molecule is Cc1c(CN2CCSCC2)cccc1NC(=O)c1cnc(-c2cnccn2)s1. The first-order chi connectivity index (χ1) is 13.7. The fraction of sp³-hybridized carbons (Fsp3) is 0.300. The van der Waals surface area contributed by atoms with E-state index in [1.165, 1.54) is 28.4 Å². The highest BCUT2D eigenvalue weighted by atomic mass is 32.2. The number of carbonyl (C=O) groups is 1. The van der Waals surface area contributed by atoms with E-state index in [9.17, 15) is 4.79 Å². The highest BCUT2D eigenvalue weighted by Crippen LogP contribution is 2.26. The Labute approximate surface area is 172 Å². The fourth-order valence-electron chi connectivity index (χ4n) is 3.08. The minimum Gasteiger partial charge on any atom is -0.321 e. The number of thiazole rings is 1. The first-order valence-corrected chi connectivity index (χ1v) is 11.1. The van der Waals surface area contributed by atoms with Crippen molar-refractivity contribution < 1.29 is 4.79 Å². The molecule has 6 nitrogen and oxygen atoms in total. The molecule has 2 aromatic heterocycles. The lowest BCUT2D eigenvalue weighted by atomic mass is 10.1. The van der Waals surface area contributed by atoms with Gasteiger partial charge < -0.3 is 5.32 Å². The summed E-state index contributed by atoms with van der Waals surface area (Å²) in [4.78, 5) is 28.3. The molecule has 4 rings (SSSR count). The molecular formula is C20H21N5OS2. The number of amides is 1. The normalized spacial score (nSPS) is 14.8. The van der Waals surface area contributed by atoms with Crippen LogP contribution in [-0.4, -0.2) is 50.4 Å². The Morgan fingerprint density at radius 3 is 2.82 bits per heavy atom. The standard InChI is InChI=1S/C20H21N5OS2/c1-14-15(13-25-7-9-27-10-8-25)3-2-4-16(14)24-19(26)18-12-23-20(28-18)17-11-21-5-6-22-17/h2-6,11-12H,7-10,13H2,1H3,(H,24,26). The number of aromatic nitrogens is 3. The minimum atomic E-state index is -0.151. The Hall–Kier alpha value is -2.29. The van der Waals surface area contributed by atoms with Crippen LogP contribution in [0.25, 0.3) is 10.7 Å². The lowest BCUT2D eigenvalue weighted by Gasteiger charge is -2.27. The monoisotopic (exact) mass is 411 g/mol. The van der Waals surface area contributed by atoms with E-state index < -0.39 is 0 Å². The van der Waals surface area contributed by atoms with Crippen LogP contribution in [0.5, 0.6) is 0 Å². The average molecular weight is 412 g/mol. The number of nitrogens with zero attached hydrogens (tertiary/aromatic N) is 4. The van der Waals surface area contributed by atoms with E-state index in [1.54, 1.807) is 24.8 Å². The van der Waals surface area contributed by atoms with Crippen LogP contribution in [0.1, 0.15) is 20.8 Å². The van der Waals surface area contributed by atoms with Gasteiger partial charge in [-0.25, -0.2) is 4.98 Å². The molecule has 3 heterocycles. The molecule has 3 aromatic rings. The second-order valence-corrected chi connectivity index (χ2v) is 8.81. The van der Waals surface area contributed by atoms with Gasteiger partial charge in [0.25, 0.3) is 5.91 Å². The molecule has 1 aliphatic rings. The van der Waals surface area contributed by atoms with Crippen molar-refractivity contribution in [2.45, 2.75) is 13.5 Å². The Morgan fingerprint density at radius 2 is 2.04 bits per heavy atom. The summed E-state index contributed by atoms with van der Waals surface area (Å²) in [7, 11) is 0. The quantitative estimate of drug-likeness (QED) is 0.690. The fourth-order valence-corrected chi connectivity index (χ4v) is 4.83. The van der Waals surface area contributed by atoms with Gasteiger partial charge in [-0.3, -0.25) is 19.7 Å². The summed E-state index contributed by atoms with van der Waals surface area (Å²) in [6.07, 6.45) is 6.47. The molecule has 0 atom stereocenters. The van der Waals surface area contributed by atoms with Gasteiger partial charge in [0, 0.05) is 49.2 Å². The summed E-state index contributed by atoms with van der Waals surface area (Å²) in [5, 5.41) is 3.73. The van der Waals surface area contributed by atoms with Gasteiger partial charge in [0.1, 0.15) is 15.6 Å². The first-order valence-electron chi connectivity index (χ1n) is 9.13. The number of nitrogens with one attached hydrogen (secondary N) is 1. The smallest absolute Gasteiger partial charge is 0.267 e. The van der Waals surface area contributed by atoms with Crippen molar-refractivity contribution in [3.05, 3.63) is 59.0 Å². The maximum atomic E-state index is 12.7. The predicted molar refractivity (Wildman–Crippen MR) is 115 cm³/mol. The van der Waals surface area contributed by atoms with Crippen molar-refractivity contribution in [1.82, 2.24) is 19.9 Å². The highest BCUT2D eigenvalue weighted by Gasteiger charge is 2.16. The van der Waals surface area contributed by atoms with Crippen molar-refractivity contribution in [2.24, 2.45) is 0 Å². The van der Waals surface area contributed by atoms with E-state index >= 15 is 0 Å². The number of anilines is 1. The largest absolute Gasteiger partial charge is 0.321 e. The second kappa shape index (κ2) is 8.81. The number of hydrogen-bond acceptors (Lipinski definition) is 7. The van der Waals surface area contributed by atoms with Crippen LogP contribution in [0.4, 0.5) is 5.69 Å². The van der Waals surface area contributed by atoms with E-state index in [2.05, 4.69) is 38.2 Å². The zero-order chi connectivity index (χ0) is 19.3. The summed E-state index contributed by atoms with van der Waals surface area (Å²) in [5.74, 6) is 2.23. The summed E-state index contributed by atoms with van der Waals surface area (Å²) in [5.41, 5.74) is 3.90. The van der Waals surface area contributed by atoms with E-state index in [1.807, 2.05) is 23.9 Å². The Morgan fingerprint density at radius 1 is 1.18 bits per heavy atom. The third-order valence-electron chi connectivity index (χ3n) is 4.70. The molecule has 28 heavy (non-hydrogen) atoms. The van der Waals surface area contributed by atoms with Gasteiger partial charge in [-0.05, 0) is 24.1 Å². The maximum Gasteiger partial charge on any atom is 0.267 e. The number of benzene rings is 1. The van der Waals surface area contributed by atoms with Gasteiger partial charge >= 0.3 is 0 Å². The third-order valence-corrected chi connectivity index (χ3v) is 6.66. The van der Waals surface area contributed by atoms with Gasteiger partial charge in [0.15, 0.2) is 0 Å². The Kier molecular flexibility index (Phi) is 5.99. The van der Waals surface area contributed by atoms with E-state index in [0.717, 1.165) is 30.9 Å². The molecule has 144 valence electrons. The molecule has 1 saturated heterocycles. The second-order valence-electron chi connectivity index (χ2n) is 6.55. The number of rotatable bonds is 5. The number of hydrogen-bond donors (Lipinski definition) is 1. The zero-order valence-electron chi connectivity index (χ0n) is 15.6. The van der Waals surface area contributed by atoms with Crippen LogP contribution in [0.3, 0.4) is 0 Å². The average Bonchev–Trinajstić information content (AvgIpc) is 3.23. The molecule has 1 aromatic carbocycles. The van der Waals surface area contributed by atoms with Crippen molar-refractivity contribution in [3.8, 4) is 10.7 Å². The van der Waals surface area contributed by atoms with E-state index in [0.29, 0.717) is 15.6 Å². The van der Waals surface area contributed by atoms with Crippen molar-refractivity contribution in [2.75, 3.05) is 29.9 Å². The third kappa shape index (κ3) is 4.40. The van der Waals surface area contributed by atoms with Crippen LogP contribution in [0, 0.1) is 6.92 Å². The number of carbonyl (C=O) groups excluding carboxylic acids is 1. The van der Waals surface area contributed by atoms with Gasteiger partial charge in [-0.15, -0.1) is 11.3 Å². The molecular weight excluding hydrogens is 390 g/mol. The van der Waals surface area contributed by atoms with Crippen LogP contribution < -0.4 is 5.32 Å². The molecule has 1 fully saturated rings. The van der Waals surface area contributed by atoms with Crippen LogP contribution >= 0.6 is 23.1 Å². The molecule has 0 aliphatic carbocycles. The Balaban J connectivity index is 1.47. The van der Waals surface area contributed by atoms with Crippen LogP contribution in [0.2, 0.25) is 0 Å². The topological polar surface area (TPSA) is 71.0 Å². The molecule has 8 heteroatoms. The molecule has 0 spiro atoms. The van der Waals surface area contributed by atoms with Crippen LogP contribution in [0.15, 0.2) is 43.0 Å². The van der Waals surface area contributed by atoms with E-state index in [4.69, 9.17) is 0 Å². The van der Waals surface area contributed by atoms with Gasteiger partial charge in [0.05, 0.1) is 12.4 Å². The molecule has 0 bridgehead atoms. The van der Waals surface area contributed by atoms with Crippen LogP contribution in [-0.2, 0) is 6.54 Å². The summed E-state index contributed by atoms with van der Waals surface area (Å²) >= 11 is 3.33. The highest BCUT2D eigenvalue weighted by molar-refractivity contribution is 7.99. The lowest BCUT2D eigenvalue weighted by Crippen LogP contribution is -2.32. The van der Waals surface area contributed by atoms with E-state index in [-0.39, 0.29) is 5.91 Å². The molecule has 1 aliphatic heterocycles. The predicted octanol–water partition coefficient (Wildman–Crippen LogP) is 3.71. The maximum absolute atomic E-state index is 12.7. The Bertz CT molecular complexity index is 954. The van der Waals surface area contributed by atoms with Crippen molar-refractivity contribution in [1.29, 1.82) is 0 Å². The summed E-state index contributed by atoms with van der Waals surface area (Å²) in [6, 6.07) is 6.10. The zero-order valence-corrected chi connectivity index (χ0v) is 17.2. The van der Waals surface area contributed by atoms with Crippen molar-refractivity contribution >= 4 is 34.7 Å². The molecule has 0 saturated carbocycles. The lowest BCUT2D eigenvalue weighted by molar-refractivity contribution is 0.103. The summed E-state index contributed by atoms with van der Waals surface area (Å²) in [6.45, 7) is 5.23. The molecule has 0 unspecified atom stereocenters. The minimum absolute atomic E-state index is 0.151. The molecule has 1 amide bonds. The summed E-state index contributed by atoms with van der Waals surface area (Å²) < 4.78 is 0. The molecule has 1 N–H and O–H groups in total. The van der Waals surface area contributed by atoms with Crippen molar-refractivity contribution in [3.63, 3.8) is 0 Å².